The summed E-state index contributed by atoms with van der Waals surface area (Å²) in [5.74, 6) is -1.15. The van der Waals surface area contributed by atoms with E-state index in [9.17, 15) is 14.4 Å². The molecule has 26 heavy (non-hydrogen) atoms. The number of nitrogens with zero attached hydrogens (tertiary/aromatic N) is 2. The number of unbranched alkanes of at least 4 members (excludes halogenated alkanes) is 1. The minimum Gasteiger partial charge on any atom is -0.451 e. The molecule has 2 aromatic rings. The third-order valence-electron chi connectivity index (χ3n) is 3.81. The van der Waals surface area contributed by atoms with Crippen molar-refractivity contribution in [1.29, 1.82) is 0 Å². The van der Waals surface area contributed by atoms with Gasteiger partial charge in [-0.05, 0) is 25.0 Å². The maximum atomic E-state index is 12.1. The minimum absolute atomic E-state index is 0.00427. The van der Waals surface area contributed by atoms with Gasteiger partial charge in [-0.1, -0.05) is 43.7 Å². The van der Waals surface area contributed by atoms with Crippen LogP contribution >= 0.6 is 0 Å². The van der Waals surface area contributed by atoms with Gasteiger partial charge in [-0.3, -0.25) is 9.59 Å². The summed E-state index contributed by atoms with van der Waals surface area (Å²) < 4.78 is 6.23. The van der Waals surface area contributed by atoms with Crippen LogP contribution in [0.1, 0.15) is 48.8 Å². The molecule has 0 aliphatic carbocycles. The maximum Gasteiger partial charge on any atom is 0.359 e. The van der Waals surface area contributed by atoms with Crippen LogP contribution in [0.2, 0.25) is 0 Å². The first kappa shape index (κ1) is 19.4. The van der Waals surface area contributed by atoms with Gasteiger partial charge in [0, 0.05) is 12.6 Å². The summed E-state index contributed by atoms with van der Waals surface area (Å²) in [6, 6.07) is 11.9. The highest BCUT2D eigenvalue weighted by atomic mass is 16.5. The zero-order valence-electron chi connectivity index (χ0n) is 15.0. The highest BCUT2D eigenvalue weighted by Gasteiger charge is 2.15. The molecule has 1 atom stereocenters. The van der Waals surface area contributed by atoms with E-state index in [0.717, 1.165) is 18.4 Å². The van der Waals surface area contributed by atoms with Crippen molar-refractivity contribution in [2.45, 2.75) is 39.3 Å². The van der Waals surface area contributed by atoms with Crippen molar-refractivity contribution >= 4 is 11.9 Å². The molecule has 0 saturated carbocycles. The molecule has 138 valence electrons. The Balaban J connectivity index is 1.89. The number of aryl methyl sites for hydroxylation is 1. The van der Waals surface area contributed by atoms with Gasteiger partial charge in [0.15, 0.2) is 12.3 Å². The first-order chi connectivity index (χ1) is 12.5. The highest BCUT2D eigenvalue weighted by Crippen LogP contribution is 2.10. The third-order valence-corrected chi connectivity index (χ3v) is 3.81. The number of aromatic nitrogens is 2. The number of rotatable bonds is 8. The average Bonchev–Trinajstić information content (AvgIpc) is 2.66. The normalized spacial score (nSPS) is 11.6. The van der Waals surface area contributed by atoms with Crippen LogP contribution < -0.4 is 10.9 Å². The summed E-state index contributed by atoms with van der Waals surface area (Å²) in [5.41, 5.74) is 0.686. The van der Waals surface area contributed by atoms with Gasteiger partial charge < -0.3 is 10.1 Å². The van der Waals surface area contributed by atoms with Crippen molar-refractivity contribution in [3.63, 3.8) is 0 Å². The lowest BCUT2D eigenvalue weighted by Crippen LogP contribution is -2.31. The molecule has 7 nitrogen and oxygen atoms in total. The SMILES string of the molecule is CCCCn1nc(C(=O)OCC(=O)NC(C)c2ccccc2)ccc1=O. The molecule has 0 aliphatic rings. The predicted molar refractivity (Wildman–Crippen MR) is 96.7 cm³/mol. The zero-order valence-corrected chi connectivity index (χ0v) is 15.0. The fourth-order valence-electron chi connectivity index (χ4n) is 2.34. The number of carbonyl (C=O) groups excluding carboxylic acids is 2. The molecular formula is C19H23N3O4. The lowest BCUT2D eigenvalue weighted by Gasteiger charge is -2.14. The summed E-state index contributed by atoms with van der Waals surface area (Å²) in [4.78, 5) is 35.7. The molecule has 0 saturated heterocycles. The summed E-state index contributed by atoms with van der Waals surface area (Å²) in [5, 5.41) is 6.75. The van der Waals surface area contributed by atoms with Gasteiger partial charge in [-0.2, -0.15) is 5.10 Å². The van der Waals surface area contributed by atoms with Crippen molar-refractivity contribution in [3.8, 4) is 0 Å². The van der Waals surface area contributed by atoms with E-state index in [2.05, 4.69) is 10.4 Å². The van der Waals surface area contributed by atoms with Gasteiger partial charge in [-0.25, -0.2) is 9.48 Å². The maximum absolute atomic E-state index is 12.1. The monoisotopic (exact) mass is 357 g/mol. The summed E-state index contributed by atoms with van der Waals surface area (Å²) in [6.45, 7) is 3.87. The standard InChI is InChI=1S/C19H23N3O4/c1-3-4-12-22-18(24)11-10-16(21-22)19(25)26-13-17(23)20-14(2)15-8-6-5-7-9-15/h5-11,14H,3-4,12-13H2,1-2H3,(H,20,23). The Labute approximate surface area is 152 Å². The van der Waals surface area contributed by atoms with Crippen LogP contribution in [0.25, 0.3) is 0 Å². The number of nitrogens with one attached hydrogen (secondary N) is 1. The molecule has 1 amide bonds. The Bertz CT molecular complexity index is 802. The quantitative estimate of drug-likeness (QED) is 0.731. The molecule has 1 aromatic heterocycles. The first-order valence-corrected chi connectivity index (χ1v) is 8.61. The molecule has 0 radical (unpaired) electrons. The van der Waals surface area contributed by atoms with E-state index >= 15 is 0 Å². The number of ether oxygens (including phenoxy) is 1. The van der Waals surface area contributed by atoms with Gasteiger partial charge in [-0.15, -0.1) is 0 Å². The number of carbonyl (C=O) groups is 2. The van der Waals surface area contributed by atoms with Gasteiger partial charge in [0.1, 0.15) is 0 Å². The number of amides is 1. The van der Waals surface area contributed by atoms with Crippen LogP contribution in [0.3, 0.4) is 0 Å². The summed E-state index contributed by atoms with van der Waals surface area (Å²) in [6.07, 6.45) is 1.69. The minimum atomic E-state index is -0.738. The van der Waals surface area contributed by atoms with Gasteiger partial charge in [0.05, 0.1) is 6.04 Å². The molecule has 1 aromatic carbocycles. The van der Waals surface area contributed by atoms with Crippen LogP contribution in [0.15, 0.2) is 47.3 Å². The number of benzene rings is 1. The van der Waals surface area contributed by atoms with Crippen molar-refractivity contribution in [2.75, 3.05) is 6.61 Å². The molecule has 0 aliphatic heterocycles. The topological polar surface area (TPSA) is 90.3 Å². The average molecular weight is 357 g/mol. The second kappa shape index (κ2) is 9.50. The van der Waals surface area contributed by atoms with E-state index in [0.29, 0.717) is 6.54 Å². The Kier molecular flexibility index (Phi) is 7.08. The van der Waals surface area contributed by atoms with E-state index < -0.39 is 18.5 Å². The fourth-order valence-corrected chi connectivity index (χ4v) is 2.34. The lowest BCUT2D eigenvalue weighted by molar-refractivity contribution is -0.124. The third kappa shape index (κ3) is 5.54. The molecular weight excluding hydrogens is 334 g/mol. The van der Waals surface area contributed by atoms with Crippen LogP contribution in [0, 0.1) is 0 Å². The smallest absolute Gasteiger partial charge is 0.359 e. The van der Waals surface area contributed by atoms with Crippen LogP contribution in [0.4, 0.5) is 0 Å². The van der Waals surface area contributed by atoms with Crippen molar-refractivity contribution in [3.05, 3.63) is 64.1 Å². The molecule has 1 N–H and O–H groups in total. The Hall–Kier alpha value is -2.96. The summed E-state index contributed by atoms with van der Waals surface area (Å²) in [7, 11) is 0. The van der Waals surface area contributed by atoms with E-state index in [1.807, 2.05) is 44.2 Å². The molecule has 1 heterocycles. The van der Waals surface area contributed by atoms with E-state index in [-0.39, 0.29) is 17.3 Å². The van der Waals surface area contributed by atoms with Crippen molar-refractivity contribution in [1.82, 2.24) is 15.1 Å². The van der Waals surface area contributed by atoms with E-state index in [1.165, 1.54) is 16.8 Å². The van der Waals surface area contributed by atoms with E-state index in [4.69, 9.17) is 4.74 Å². The number of hydrogen-bond donors (Lipinski definition) is 1. The molecule has 2 rings (SSSR count). The fraction of sp³-hybridized carbons (Fsp3) is 0.368. The van der Waals surface area contributed by atoms with Crippen LogP contribution in [-0.2, 0) is 16.1 Å². The van der Waals surface area contributed by atoms with Crippen LogP contribution in [0.5, 0.6) is 0 Å². The molecule has 7 heteroatoms. The lowest BCUT2D eigenvalue weighted by atomic mass is 10.1. The second-order valence-corrected chi connectivity index (χ2v) is 5.91. The zero-order chi connectivity index (χ0) is 18.9. The van der Waals surface area contributed by atoms with Gasteiger partial charge >= 0.3 is 5.97 Å². The molecule has 0 spiro atoms. The van der Waals surface area contributed by atoms with E-state index in [1.54, 1.807) is 0 Å². The predicted octanol–water partition coefficient (Wildman–Crippen LogP) is 2.08. The van der Waals surface area contributed by atoms with Crippen molar-refractivity contribution < 1.29 is 14.3 Å². The Morgan fingerprint density at radius 2 is 1.92 bits per heavy atom. The summed E-state index contributed by atoms with van der Waals surface area (Å²) >= 11 is 0. The largest absolute Gasteiger partial charge is 0.451 e. The Morgan fingerprint density at radius 3 is 2.62 bits per heavy atom. The first-order valence-electron chi connectivity index (χ1n) is 8.61. The number of hydrogen-bond acceptors (Lipinski definition) is 5. The highest BCUT2D eigenvalue weighted by molar-refractivity contribution is 5.89. The Morgan fingerprint density at radius 1 is 1.19 bits per heavy atom. The number of esters is 1. The van der Waals surface area contributed by atoms with Crippen LogP contribution in [-0.4, -0.2) is 28.3 Å². The molecule has 0 fully saturated rings. The molecule has 1 unspecified atom stereocenters. The molecule has 0 bridgehead atoms. The van der Waals surface area contributed by atoms with Crippen molar-refractivity contribution in [2.24, 2.45) is 0 Å². The second-order valence-electron chi connectivity index (χ2n) is 5.91. The van der Waals surface area contributed by atoms with Gasteiger partial charge in [0.2, 0.25) is 0 Å². The van der Waals surface area contributed by atoms with Gasteiger partial charge in [0.25, 0.3) is 11.5 Å².